The van der Waals surface area contributed by atoms with Gasteiger partial charge in [0.05, 0.1) is 19.2 Å². The van der Waals surface area contributed by atoms with Gasteiger partial charge < -0.3 is 9.73 Å². The van der Waals surface area contributed by atoms with Crippen molar-refractivity contribution in [1.82, 2.24) is 15.7 Å². The lowest BCUT2D eigenvalue weighted by atomic mass is 10.2. The molecule has 0 fully saturated rings. The number of nitrogens with zero attached hydrogens (tertiary/aromatic N) is 2. The van der Waals surface area contributed by atoms with E-state index in [-0.39, 0.29) is 18.2 Å². The van der Waals surface area contributed by atoms with E-state index in [0.717, 1.165) is 0 Å². The van der Waals surface area contributed by atoms with Gasteiger partial charge in [-0.15, -0.1) is 0 Å². The number of nitrogens with one attached hydrogen (secondary N) is 2. The summed E-state index contributed by atoms with van der Waals surface area (Å²) in [6, 6.07) is 6.69. The molecule has 0 saturated carbocycles. The molecule has 0 aliphatic carbocycles. The average Bonchev–Trinajstić information content (AvgIpc) is 3.05. The molecule has 2 rings (SSSR count). The van der Waals surface area contributed by atoms with E-state index in [4.69, 9.17) is 4.42 Å². The van der Waals surface area contributed by atoms with Crippen molar-refractivity contribution in [2.45, 2.75) is 19.9 Å². The van der Waals surface area contributed by atoms with Crippen LogP contribution in [-0.2, 0) is 11.3 Å². The molecule has 2 aromatic heterocycles. The number of amides is 2. The third-order valence-corrected chi connectivity index (χ3v) is 2.75. The lowest BCUT2D eigenvalue weighted by Crippen LogP contribution is -2.26. The van der Waals surface area contributed by atoms with Gasteiger partial charge in [0.15, 0.2) is 0 Å². The van der Waals surface area contributed by atoms with Gasteiger partial charge in [0.2, 0.25) is 5.91 Å². The summed E-state index contributed by atoms with van der Waals surface area (Å²) in [4.78, 5) is 27.3. The molecule has 2 N–H and O–H groups in total. The average molecular weight is 300 g/mol. The Morgan fingerprint density at radius 3 is 2.73 bits per heavy atom. The van der Waals surface area contributed by atoms with Crippen LogP contribution in [0.5, 0.6) is 0 Å². The first-order valence-electron chi connectivity index (χ1n) is 6.68. The molecule has 2 heterocycles. The first-order valence-corrected chi connectivity index (χ1v) is 6.68. The van der Waals surface area contributed by atoms with E-state index in [2.05, 4.69) is 20.8 Å². The molecule has 114 valence electrons. The van der Waals surface area contributed by atoms with Crippen LogP contribution in [0.1, 0.15) is 29.5 Å². The third kappa shape index (κ3) is 4.86. The molecular formula is C15H16N4O3. The van der Waals surface area contributed by atoms with E-state index in [1.165, 1.54) is 12.4 Å². The third-order valence-electron chi connectivity index (χ3n) is 2.75. The van der Waals surface area contributed by atoms with Crippen LogP contribution in [0.2, 0.25) is 0 Å². The van der Waals surface area contributed by atoms with Crippen molar-refractivity contribution in [3.8, 4) is 0 Å². The Bertz CT molecular complexity index is 651. The van der Waals surface area contributed by atoms with Crippen molar-refractivity contribution in [2.24, 2.45) is 5.10 Å². The van der Waals surface area contributed by atoms with Gasteiger partial charge >= 0.3 is 0 Å². The first kappa shape index (κ1) is 15.4. The SMILES string of the molecule is C/C(CC(=O)NCc1ccco1)=N/NC(=O)c1ccncc1. The molecule has 7 heteroatoms. The Kier molecular flexibility index (Phi) is 5.42. The van der Waals surface area contributed by atoms with Crippen LogP contribution in [-0.4, -0.2) is 22.5 Å². The van der Waals surface area contributed by atoms with Crippen LogP contribution in [0, 0.1) is 0 Å². The molecule has 0 unspecified atom stereocenters. The fourth-order valence-corrected chi connectivity index (χ4v) is 1.65. The molecule has 0 aliphatic heterocycles. The summed E-state index contributed by atoms with van der Waals surface area (Å²) in [7, 11) is 0. The van der Waals surface area contributed by atoms with Gasteiger partial charge in [-0.05, 0) is 31.2 Å². The summed E-state index contributed by atoms with van der Waals surface area (Å²) in [5.74, 6) is 0.127. The Hall–Kier alpha value is -2.96. The van der Waals surface area contributed by atoms with Crippen molar-refractivity contribution in [1.29, 1.82) is 0 Å². The Labute approximate surface area is 127 Å². The number of aromatic nitrogens is 1. The molecule has 0 spiro atoms. The molecule has 0 bridgehead atoms. The predicted molar refractivity (Wildman–Crippen MR) is 80.0 cm³/mol. The van der Waals surface area contributed by atoms with Gasteiger partial charge in [-0.1, -0.05) is 0 Å². The highest BCUT2D eigenvalue weighted by atomic mass is 16.3. The topological polar surface area (TPSA) is 96.6 Å². The molecule has 0 saturated heterocycles. The zero-order chi connectivity index (χ0) is 15.8. The number of rotatable bonds is 6. The fraction of sp³-hybridized carbons (Fsp3) is 0.200. The zero-order valence-electron chi connectivity index (χ0n) is 12.1. The molecule has 22 heavy (non-hydrogen) atoms. The minimum Gasteiger partial charge on any atom is -0.467 e. The zero-order valence-corrected chi connectivity index (χ0v) is 12.1. The van der Waals surface area contributed by atoms with E-state index in [1.54, 1.807) is 37.5 Å². The Balaban J connectivity index is 1.77. The Morgan fingerprint density at radius 1 is 1.27 bits per heavy atom. The highest BCUT2D eigenvalue weighted by molar-refractivity contribution is 6.01. The second kappa shape index (κ2) is 7.72. The van der Waals surface area contributed by atoms with Crippen LogP contribution in [0.25, 0.3) is 0 Å². The number of hydrazone groups is 1. The second-order valence-electron chi connectivity index (χ2n) is 4.56. The number of furan rings is 1. The van der Waals surface area contributed by atoms with E-state index >= 15 is 0 Å². The predicted octanol–water partition coefficient (Wildman–Crippen LogP) is 1.49. The summed E-state index contributed by atoms with van der Waals surface area (Å²) in [6.07, 6.45) is 4.68. The fourth-order valence-electron chi connectivity index (χ4n) is 1.65. The standard InChI is InChI=1S/C15H16N4O3/c1-11(9-14(20)17-10-13-3-2-8-22-13)18-19-15(21)12-4-6-16-7-5-12/h2-8H,9-10H2,1H3,(H,17,20)(H,19,21)/b18-11-. The van der Waals surface area contributed by atoms with Crippen molar-refractivity contribution < 1.29 is 14.0 Å². The maximum Gasteiger partial charge on any atom is 0.271 e. The van der Waals surface area contributed by atoms with E-state index in [0.29, 0.717) is 23.6 Å². The first-order chi connectivity index (χ1) is 10.6. The lowest BCUT2D eigenvalue weighted by Gasteiger charge is -2.04. The maximum atomic E-state index is 11.8. The number of carbonyl (C=O) groups excluding carboxylic acids is 2. The van der Waals surface area contributed by atoms with Crippen molar-refractivity contribution in [2.75, 3.05) is 0 Å². The van der Waals surface area contributed by atoms with Gasteiger partial charge in [0.1, 0.15) is 5.76 Å². The van der Waals surface area contributed by atoms with E-state index in [1.807, 2.05) is 0 Å². The summed E-state index contributed by atoms with van der Waals surface area (Å²) >= 11 is 0. The highest BCUT2D eigenvalue weighted by Gasteiger charge is 2.06. The molecule has 0 radical (unpaired) electrons. The van der Waals surface area contributed by atoms with Crippen molar-refractivity contribution in [3.05, 3.63) is 54.2 Å². The smallest absolute Gasteiger partial charge is 0.271 e. The summed E-state index contributed by atoms with van der Waals surface area (Å²) in [5, 5.41) is 6.60. The minimum atomic E-state index is -0.349. The normalized spacial score (nSPS) is 11.0. The lowest BCUT2D eigenvalue weighted by molar-refractivity contribution is -0.120. The van der Waals surface area contributed by atoms with Crippen molar-refractivity contribution >= 4 is 17.5 Å². The van der Waals surface area contributed by atoms with Crippen LogP contribution >= 0.6 is 0 Å². The highest BCUT2D eigenvalue weighted by Crippen LogP contribution is 1.99. The number of hydrogen-bond acceptors (Lipinski definition) is 5. The van der Waals surface area contributed by atoms with Gasteiger partial charge in [-0.2, -0.15) is 5.10 Å². The molecule has 0 aliphatic rings. The number of pyridine rings is 1. The number of carbonyl (C=O) groups is 2. The monoisotopic (exact) mass is 300 g/mol. The quantitative estimate of drug-likeness (QED) is 0.624. The Morgan fingerprint density at radius 2 is 2.05 bits per heavy atom. The van der Waals surface area contributed by atoms with E-state index in [9.17, 15) is 9.59 Å². The largest absolute Gasteiger partial charge is 0.467 e. The van der Waals surface area contributed by atoms with Gasteiger partial charge in [0.25, 0.3) is 5.91 Å². The van der Waals surface area contributed by atoms with Crippen LogP contribution < -0.4 is 10.7 Å². The van der Waals surface area contributed by atoms with E-state index < -0.39 is 0 Å². The second-order valence-corrected chi connectivity index (χ2v) is 4.56. The van der Waals surface area contributed by atoms with Gasteiger partial charge in [0, 0.05) is 23.7 Å². The van der Waals surface area contributed by atoms with Crippen LogP contribution in [0.3, 0.4) is 0 Å². The van der Waals surface area contributed by atoms with Gasteiger partial charge in [-0.3, -0.25) is 14.6 Å². The molecule has 0 atom stereocenters. The molecule has 2 aromatic rings. The minimum absolute atomic E-state index is 0.0946. The summed E-state index contributed by atoms with van der Waals surface area (Å²) in [6.45, 7) is 1.99. The maximum absolute atomic E-state index is 11.8. The molecule has 0 aromatic carbocycles. The number of hydrogen-bond donors (Lipinski definition) is 2. The molecule has 7 nitrogen and oxygen atoms in total. The molecular weight excluding hydrogens is 284 g/mol. The summed E-state index contributed by atoms with van der Waals surface area (Å²) in [5.41, 5.74) is 3.35. The molecule has 2 amide bonds. The van der Waals surface area contributed by atoms with Crippen molar-refractivity contribution in [3.63, 3.8) is 0 Å². The summed E-state index contributed by atoms with van der Waals surface area (Å²) < 4.78 is 5.11. The van der Waals surface area contributed by atoms with Gasteiger partial charge in [-0.25, -0.2) is 5.43 Å². The van der Waals surface area contributed by atoms with Crippen LogP contribution in [0.4, 0.5) is 0 Å². The van der Waals surface area contributed by atoms with Crippen LogP contribution in [0.15, 0.2) is 52.4 Å².